The van der Waals surface area contributed by atoms with Crippen molar-refractivity contribution < 1.29 is 14.2 Å². The summed E-state index contributed by atoms with van der Waals surface area (Å²) < 4.78 is 19.1. The highest BCUT2D eigenvalue weighted by atomic mass is 16.6. The van der Waals surface area contributed by atoms with Crippen LogP contribution in [0.5, 0.6) is 0 Å². The zero-order chi connectivity index (χ0) is 12.9. The van der Waals surface area contributed by atoms with Crippen LogP contribution < -0.4 is 0 Å². The zero-order valence-electron chi connectivity index (χ0n) is 12.0. The molecule has 3 aliphatic carbocycles. The Morgan fingerprint density at radius 1 is 0.750 bits per heavy atom. The Bertz CT molecular complexity index is 452. The van der Waals surface area contributed by atoms with Crippen molar-refractivity contribution >= 4 is 0 Å². The fraction of sp³-hybridized carbons (Fsp3) is 1.00. The maximum Gasteiger partial charge on any atom is 0.0909 e. The van der Waals surface area contributed by atoms with Crippen molar-refractivity contribution in [3.63, 3.8) is 0 Å². The topological polar surface area (TPSA) is 31.0 Å². The smallest absolute Gasteiger partial charge is 0.0909 e. The fourth-order valence-corrected chi connectivity index (χ4v) is 7.13. The molecule has 0 radical (unpaired) electrons. The number of ether oxygens (including phenoxy) is 3. The van der Waals surface area contributed by atoms with Crippen molar-refractivity contribution in [1.29, 1.82) is 0 Å². The molecule has 3 saturated carbocycles. The molecule has 3 nitrogen and oxygen atoms in total. The summed E-state index contributed by atoms with van der Waals surface area (Å²) >= 11 is 0. The molecular formula is C17H24O3. The molecular weight excluding hydrogens is 252 g/mol. The molecule has 3 heterocycles. The third-order valence-corrected chi connectivity index (χ3v) is 7.65. The van der Waals surface area contributed by atoms with Crippen molar-refractivity contribution in [3.05, 3.63) is 0 Å². The molecule has 0 aromatic rings. The second-order valence-corrected chi connectivity index (χ2v) is 8.09. The van der Waals surface area contributed by atoms with Crippen LogP contribution in [-0.2, 0) is 14.2 Å². The normalized spacial score (nSPS) is 66.0. The van der Waals surface area contributed by atoms with E-state index in [4.69, 9.17) is 14.2 Å². The van der Waals surface area contributed by atoms with Crippen molar-refractivity contribution in [2.45, 2.75) is 75.5 Å². The summed E-state index contributed by atoms with van der Waals surface area (Å²) in [6.45, 7) is 1.00. The van der Waals surface area contributed by atoms with E-state index in [0.29, 0.717) is 41.9 Å². The van der Waals surface area contributed by atoms with Crippen LogP contribution in [0.15, 0.2) is 0 Å². The Labute approximate surface area is 120 Å². The van der Waals surface area contributed by atoms with Crippen LogP contribution in [0.1, 0.15) is 44.9 Å². The van der Waals surface area contributed by atoms with E-state index in [0.717, 1.165) is 18.4 Å². The van der Waals surface area contributed by atoms with Gasteiger partial charge in [0.2, 0.25) is 0 Å². The molecule has 20 heavy (non-hydrogen) atoms. The minimum absolute atomic E-state index is 0.443. The molecule has 6 aliphatic rings. The van der Waals surface area contributed by atoms with E-state index in [1.54, 1.807) is 0 Å². The minimum atomic E-state index is 0.443. The van der Waals surface area contributed by atoms with Crippen LogP contribution >= 0.6 is 0 Å². The Morgan fingerprint density at radius 2 is 1.65 bits per heavy atom. The van der Waals surface area contributed by atoms with E-state index in [-0.39, 0.29) is 0 Å². The highest BCUT2D eigenvalue weighted by molar-refractivity contribution is 5.21. The lowest BCUT2D eigenvalue weighted by Gasteiger charge is -2.67. The second kappa shape index (κ2) is 3.61. The molecule has 0 aromatic carbocycles. The van der Waals surface area contributed by atoms with Crippen molar-refractivity contribution in [1.82, 2.24) is 0 Å². The van der Waals surface area contributed by atoms with Crippen molar-refractivity contribution in [3.8, 4) is 0 Å². The van der Waals surface area contributed by atoms with Gasteiger partial charge in [0.1, 0.15) is 0 Å². The number of hydrogen-bond donors (Lipinski definition) is 0. The molecule has 6 rings (SSSR count). The molecule has 0 aromatic heterocycles. The van der Waals surface area contributed by atoms with E-state index >= 15 is 0 Å². The average molecular weight is 276 g/mol. The van der Waals surface area contributed by atoms with Gasteiger partial charge in [-0.2, -0.15) is 0 Å². The quantitative estimate of drug-likeness (QED) is 0.637. The van der Waals surface area contributed by atoms with Crippen LogP contribution in [0.25, 0.3) is 0 Å². The number of epoxide rings is 1. The van der Waals surface area contributed by atoms with Crippen LogP contribution in [0, 0.1) is 23.2 Å². The van der Waals surface area contributed by atoms with Crippen LogP contribution in [0.4, 0.5) is 0 Å². The van der Waals surface area contributed by atoms with E-state index < -0.39 is 0 Å². The van der Waals surface area contributed by atoms with E-state index in [1.165, 1.54) is 44.9 Å². The summed E-state index contributed by atoms with van der Waals surface area (Å²) in [5.41, 5.74) is 0.443. The monoisotopic (exact) mass is 276 g/mol. The van der Waals surface area contributed by atoms with Crippen molar-refractivity contribution in [2.75, 3.05) is 6.61 Å². The lowest BCUT2D eigenvalue weighted by molar-refractivity contribution is -0.311. The summed E-state index contributed by atoms with van der Waals surface area (Å²) in [6.07, 6.45) is 11.7. The van der Waals surface area contributed by atoms with E-state index in [2.05, 4.69) is 0 Å². The average Bonchev–Trinajstić information content (AvgIpc) is 3.26. The Morgan fingerprint density at radius 3 is 2.65 bits per heavy atom. The van der Waals surface area contributed by atoms with Gasteiger partial charge in [0.05, 0.1) is 37.1 Å². The van der Waals surface area contributed by atoms with Gasteiger partial charge in [-0.05, 0) is 56.8 Å². The SMILES string of the molecule is C1CC2OCC3CCC4OC(C1)C2C31C4CCC2OC21. The number of rotatable bonds is 0. The predicted octanol–water partition coefficient (Wildman–Crippen LogP) is 2.53. The molecule has 0 N–H and O–H groups in total. The van der Waals surface area contributed by atoms with Gasteiger partial charge >= 0.3 is 0 Å². The molecule has 3 heteroatoms. The maximum absolute atomic E-state index is 6.61. The van der Waals surface area contributed by atoms with E-state index in [9.17, 15) is 0 Å². The maximum atomic E-state index is 6.61. The third-order valence-electron chi connectivity index (χ3n) is 7.65. The van der Waals surface area contributed by atoms with Gasteiger partial charge in [-0.15, -0.1) is 0 Å². The molecule has 0 amide bonds. The summed E-state index contributed by atoms with van der Waals surface area (Å²) in [6, 6.07) is 0. The zero-order valence-corrected chi connectivity index (χ0v) is 12.0. The molecule has 3 saturated heterocycles. The van der Waals surface area contributed by atoms with Crippen LogP contribution in [0.3, 0.4) is 0 Å². The molecule has 3 aliphatic heterocycles. The standard InChI is InChI=1S/C17H24O3/c1-2-12-15-13(3-1)19-11-6-4-9(8-18-12)17(15)10(11)5-7-14-16(17)20-14/h9-16H,1-8H2. The highest BCUT2D eigenvalue weighted by Crippen LogP contribution is 2.70. The first-order valence-electron chi connectivity index (χ1n) is 8.81. The number of fused-ring (bicyclic) bond motifs is 1. The van der Waals surface area contributed by atoms with Gasteiger partial charge in [0.15, 0.2) is 0 Å². The summed E-state index contributed by atoms with van der Waals surface area (Å²) in [7, 11) is 0. The van der Waals surface area contributed by atoms with Crippen molar-refractivity contribution in [2.24, 2.45) is 23.2 Å². The molecule has 110 valence electrons. The molecule has 2 bridgehead atoms. The fourth-order valence-electron chi connectivity index (χ4n) is 7.13. The van der Waals surface area contributed by atoms with Crippen LogP contribution in [0.2, 0.25) is 0 Å². The molecule has 1 spiro atoms. The Balaban J connectivity index is 1.55. The molecule has 9 atom stereocenters. The lowest BCUT2D eigenvalue weighted by Crippen LogP contribution is -2.71. The van der Waals surface area contributed by atoms with Gasteiger partial charge in [-0.25, -0.2) is 0 Å². The first-order chi connectivity index (χ1) is 9.89. The van der Waals surface area contributed by atoms with Gasteiger partial charge in [-0.3, -0.25) is 0 Å². The van der Waals surface area contributed by atoms with Gasteiger partial charge in [-0.1, -0.05) is 0 Å². The minimum Gasteiger partial charge on any atom is -0.377 e. The Hall–Kier alpha value is -0.120. The van der Waals surface area contributed by atoms with Gasteiger partial charge < -0.3 is 14.2 Å². The van der Waals surface area contributed by atoms with E-state index in [1.807, 2.05) is 0 Å². The van der Waals surface area contributed by atoms with Gasteiger partial charge in [0, 0.05) is 11.3 Å². The first kappa shape index (κ1) is 11.4. The van der Waals surface area contributed by atoms with Crippen LogP contribution in [-0.4, -0.2) is 37.1 Å². The lowest BCUT2D eigenvalue weighted by atomic mass is 9.44. The third kappa shape index (κ3) is 1.14. The second-order valence-electron chi connectivity index (χ2n) is 8.09. The Kier molecular flexibility index (Phi) is 2.07. The summed E-state index contributed by atoms with van der Waals surface area (Å²) in [5, 5.41) is 0. The summed E-state index contributed by atoms with van der Waals surface area (Å²) in [5.74, 6) is 2.17. The molecule has 9 unspecified atom stereocenters. The number of hydrogen-bond acceptors (Lipinski definition) is 3. The highest BCUT2D eigenvalue weighted by Gasteiger charge is 2.75. The predicted molar refractivity (Wildman–Crippen MR) is 72.3 cm³/mol. The van der Waals surface area contributed by atoms with Gasteiger partial charge in [0.25, 0.3) is 0 Å². The first-order valence-corrected chi connectivity index (χ1v) is 8.81. The largest absolute Gasteiger partial charge is 0.377 e. The summed E-state index contributed by atoms with van der Waals surface area (Å²) in [4.78, 5) is 0. The molecule has 6 fully saturated rings.